The van der Waals surface area contributed by atoms with E-state index in [0.29, 0.717) is 22.4 Å². The van der Waals surface area contributed by atoms with Crippen LogP contribution in [0.15, 0.2) is 83.3 Å². The van der Waals surface area contributed by atoms with Gasteiger partial charge in [-0.2, -0.15) is 0 Å². The second-order valence-electron chi connectivity index (χ2n) is 6.48. The molecule has 27 heavy (non-hydrogen) atoms. The van der Waals surface area contributed by atoms with Crippen molar-refractivity contribution in [3.63, 3.8) is 0 Å². The molecular formula is C22H16BrNO3. The van der Waals surface area contributed by atoms with Gasteiger partial charge in [0.2, 0.25) is 0 Å². The predicted octanol–water partition coefficient (Wildman–Crippen LogP) is 4.26. The normalized spacial score (nSPS) is 19.3. The van der Waals surface area contributed by atoms with Gasteiger partial charge in [0.25, 0.3) is 5.91 Å². The number of hydrogen-bond acceptors (Lipinski definition) is 3. The maximum Gasteiger partial charge on any atom is 0.262 e. The van der Waals surface area contributed by atoms with Crippen molar-refractivity contribution in [3.05, 3.63) is 100 Å². The molecule has 3 aromatic carbocycles. The van der Waals surface area contributed by atoms with Gasteiger partial charge in [-0.05, 0) is 23.8 Å². The molecule has 4 rings (SSSR count). The number of ketones is 1. The summed E-state index contributed by atoms with van der Waals surface area (Å²) in [5, 5.41) is 14.3. The molecule has 2 N–H and O–H groups in total. The van der Waals surface area contributed by atoms with Crippen molar-refractivity contribution < 1.29 is 14.7 Å². The lowest BCUT2D eigenvalue weighted by Crippen LogP contribution is -2.44. The van der Waals surface area contributed by atoms with Crippen molar-refractivity contribution in [3.8, 4) is 0 Å². The van der Waals surface area contributed by atoms with Crippen LogP contribution in [0.4, 0.5) is 5.69 Å². The van der Waals surface area contributed by atoms with Crippen molar-refractivity contribution in [2.75, 3.05) is 5.32 Å². The largest absolute Gasteiger partial charge is 0.374 e. The van der Waals surface area contributed by atoms with Gasteiger partial charge in [-0.15, -0.1) is 0 Å². The van der Waals surface area contributed by atoms with E-state index in [4.69, 9.17) is 0 Å². The van der Waals surface area contributed by atoms with E-state index >= 15 is 0 Å². The number of benzene rings is 3. The van der Waals surface area contributed by atoms with Crippen LogP contribution in [0.5, 0.6) is 0 Å². The Kier molecular flexibility index (Phi) is 4.42. The Hall–Kier alpha value is -2.76. The summed E-state index contributed by atoms with van der Waals surface area (Å²) < 4.78 is 0.718. The summed E-state index contributed by atoms with van der Waals surface area (Å²) in [6.07, 6.45) is 0. The van der Waals surface area contributed by atoms with Gasteiger partial charge in [-0.25, -0.2) is 0 Å². The van der Waals surface area contributed by atoms with E-state index in [1.165, 1.54) is 0 Å². The van der Waals surface area contributed by atoms with Gasteiger partial charge in [-0.3, -0.25) is 9.59 Å². The number of Topliss-reactive ketones (excluding diaryl/α,β-unsaturated/α-hetero) is 1. The molecule has 0 spiro atoms. The van der Waals surface area contributed by atoms with E-state index in [9.17, 15) is 14.7 Å². The van der Waals surface area contributed by atoms with E-state index < -0.39 is 17.4 Å². The van der Waals surface area contributed by atoms with E-state index in [2.05, 4.69) is 21.2 Å². The number of amides is 1. The first kappa shape index (κ1) is 17.6. The Morgan fingerprint density at radius 3 is 2.26 bits per heavy atom. The number of aliphatic hydroxyl groups is 1. The molecule has 1 aliphatic rings. The fourth-order valence-corrected chi connectivity index (χ4v) is 3.93. The third-order valence-electron chi connectivity index (χ3n) is 4.86. The molecule has 0 fully saturated rings. The summed E-state index contributed by atoms with van der Waals surface area (Å²) in [5.74, 6) is -1.99. The lowest BCUT2D eigenvalue weighted by molar-refractivity contribution is -0.135. The zero-order chi connectivity index (χ0) is 19.0. The third-order valence-corrected chi connectivity index (χ3v) is 5.35. The Bertz CT molecular complexity index is 1020. The lowest BCUT2D eigenvalue weighted by Gasteiger charge is -2.30. The van der Waals surface area contributed by atoms with Crippen LogP contribution in [-0.4, -0.2) is 16.8 Å². The van der Waals surface area contributed by atoms with Gasteiger partial charge in [0.1, 0.15) is 0 Å². The van der Waals surface area contributed by atoms with Crippen LogP contribution < -0.4 is 5.32 Å². The maximum absolute atomic E-state index is 13.4. The number of anilines is 1. The minimum atomic E-state index is -2.01. The minimum absolute atomic E-state index is 0.313. The predicted molar refractivity (Wildman–Crippen MR) is 107 cm³/mol. The summed E-state index contributed by atoms with van der Waals surface area (Å²) in [6, 6.07) is 22.8. The molecule has 1 heterocycles. The first-order valence-corrected chi connectivity index (χ1v) is 9.29. The number of nitrogens with one attached hydrogen (secondary N) is 1. The zero-order valence-electron chi connectivity index (χ0n) is 14.2. The first-order valence-electron chi connectivity index (χ1n) is 8.50. The Balaban J connectivity index is 1.93. The highest BCUT2D eigenvalue weighted by Crippen LogP contribution is 2.47. The SMILES string of the molecule is O=C(c1ccccc1)C(c1ccccc1)C1(O)C(=O)Nc2ccc(Br)cc21. The third kappa shape index (κ3) is 2.89. The molecule has 0 radical (unpaired) electrons. The molecule has 2 atom stereocenters. The van der Waals surface area contributed by atoms with E-state index in [1.807, 2.05) is 12.1 Å². The molecule has 0 saturated heterocycles. The summed E-state index contributed by atoms with van der Waals surface area (Å²) in [6.45, 7) is 0. The van der Waals surface area contributed by atoms with E-state index in [0.717, 1.165) is 4.47 Å². The quantitative estimate of drug-likeness (QED) is 0.618. The van der Waals surface area contributed by atoms with Crippen LogP contribution in [-0.2, 0) is 10.4 Å². The van der Waals surface area contributed by atoms with Gasteiger partial charge in [-0.1, -0.05) is 76.6 Å². The number of hydrogen-bond donors (Lipinski definition) is 2. The highest BCUT2D eigenvalue weighted by Gasteiger charge is 2.54. The topological polar surface area (TPSA) is 66.4 Å². The van der Waals surface area contributed by atoms with Crippen LogP contribution in [0.3, 0.4) is 0 Å². The summed E-state index contributed by atoms with van der Waals surface area (Å²) >= 11 is 3.39. The molecule has 0 aliphatic carbocycles. The van der Waals surface area contributed by atoms with Gasteiger partial charge in [0.15, 0.2) is 11.4 Å². The smallest absolute Gasteiger partial charge is 0.262 e. The zero-order valence-corrected chi connectivity index (χ0v) is 15.8. The average Bonchev–Trinajstić information content (AvgIpc) is 2.94. The molecule has 0 aromatic heterocycles. The highest BCUT2D eigenvalue weighted by molar-refractivity contribution is 9.10. The monoisotopic (exact) mass is 421 g/mol. The van der Waals surface area contributed by atoms with E-state index in [1.54, 1.807) is 66.7 Å². The second kappa shape index (κ2) is 6.76. The van der Waals surface area contributed by atoms with Crippen LogP contribution >= 0.6 is 15.9 Å². The average molecular weight is 422 g/mol. The van der Waals surface area contributed by atoms with Gasteiger partial charge >= 0.3 is 0 Å². The van der Waals surface area contributed by atoms with Crippen molar-refractivity contribution in [1.29, 1.82) is 0 Å². The highest BCUT2D eigenvalue weighted by atomic mass is 79.9. The number of fused-ring (bicyclic) bond motifs is 1. The van der Waals surface area contributed by atoms with Gasteiger partial charge in [0.05, 0.1) is 5.92 Å². The van der Waals surface area contributed by atoms with Crippen LogP contribution in [0.25, 0.3) is 0 Å². The van der Waals surface area contributed by atoms with Crippen LogP contribution in [0, 0.1) is 0 Å². The Morgan fingerprint density at radius 2 is 1.59 bits per heavy atom. The van der Waals surface area contributed by atoms with E-state index in [-0.39, 0.29) is 5.78 Å². The molecule has 0 saturated carbocycles. The Labute approximate surface area is 165 Å². The first-order chi connectivity index (χ1) is 13.0. The number of carbonyl (C=O) groups is 2. The fourth-order valence-electron chi connectivity index (χ4n) is 3.56. The van der Waals surface area contributed by atoms with Crippen LogP contribution in [0.2, 0.25) is 0 Å². The number of rotatable bonds is 4. The molecule has 4 nitrogen and oxygen atoms in total. The molecular weight excluding hydrogens is 406 g/mol. The fraction of sp³-hybridized carbons (Fsp3) is 0.0909. The molecule has 1 amide bonds. The summed E-state index contributed by atoms with van der Waals surface area (Å²) in [7, 11) is 0. The number of carbonyl (C=O) groups excluding carboxylic acids is 2. The number of halogens is 1. The minimum Gasteiger partial charge on any atom is -0.374 e. The molecule has 5 heteroatoms. The van der Waals surface area contributed by atoms with Crippen molar-refractivity contribution >= 4 is 33.3 Å². The van der Waals surface area contributed by atoms with Gasteiger partial charge < -0.3 is 10.4 Å². The molecule has 3 aromatic rings. The summed E-state index contributed by atoms with van der Waals surface area (Å²) in [5.41, 5.74) is -0.0896. The molecule has 134 valence electrons. The van der Waals surface area contributed by atoms with Gasteiger partial charge in [0, 0.05) is 21.3 Å². The van der Waals surface area contributed by atoms with Crippen molar-refractivity contribution in [2.45, 2.75) is 11.5 Å². The summed E-state index contributed by atoms with van der Waals surface area (Å²) in [4.78, 5) is 26.3. The van der Waals surface area contributed by atoms with Crippen LogP contribution in [0.1, 0.15) is 27.4 Å². The second-order valence-corrected chi connectivity index (χ2v) is 7.40. The lowest BCUT2D eigenvalue weighted by atomic mass is 9.74. The standard InChI is InChI=1S/C22H16BrNO3/c23-16-11-12-18-17(13-16)22(27,21(26)24-18)19(14-7-3-1-4-8-14)20(25)15-9-5-2-6-10-15/h1-13,19,27H,(H,24,26). The van der Waals surface area contributed by atoms with Crippen molar-refractivity contribution in [2.24, 2.45) is 0 Å². The molecule has 2 unspecified atom stereocenters. The maximum atomic E-state index is 13.4. The van der Waals surface area contributed by atoms with Crippen molar-refractivity contribution in [1.82, 2.24) is 0 Å². The Morgan fingerprint density at radius 1 is 0.963 bits per heavy atom. The molecule has 1 aliphatic heterocycles. The molecule has 0 bridgehead atoms.